The van der Waals surface area contributed by atoms with E-state index in [2.05, 4.69) is 9.97 Å². The van der Waals surface area contributed by atoms with Crippen molar-refractivity contribution in [2.24, 2.45) is 0 Å². The SMILES string of the molecule is Cc1ccc(C)c(-c2cc(Cl)nc(C(F)(F)F)n2)c1. The van der Waals surface area contributed by atoms with Crippen LogP contribution in [0, 0.1) is 13.8 Å². The first-order valence-electron chi connectivity index (χ1n) is 5.47. The van der Waals surface area contributed by atoms with E-state index in [1.807, 2.05) is 19.1 Å². The zero-order valence-electron chi connectivity index (χ0n) is 10.2. The lowest BCUT2D eigenvalue weighted by Crippen LogP contribution is -2.11. The molecule has 0 spiro atoms. The summed E-state index contributed by atoms with van der Waals surface area (Å²) in [5, 5.41) is -0.224. The average molecular weight is 287 g/mol. The molecule has 100 valence electrons. The van der Waals surface area contributed by atoms with E-state index in [4.69, 9.17) is 11.6 Å². The number of benzene rings is 1. The van der Waals surface area contributed by atoms with E-state index >= 15 is 0 Å². The molecule has 1 aromatic carbocycles. The molecule has 0 aliphatic rings. The zero-order valence-corrected chi connectivity index (χ0v) is 11.0. The lowest BCUT2D eigenvalue weighted by Gasteiger charge is -2.10. The van der Waals surface area contributed by atoms with Crippen LogP contribution < -0.4 is 0 Å². The fraction of sp³-hybridized carbons (Fsp3) is 0.231. The van der Waals surface area contributed by atoms with Gasteiger partial charge in [-0.05, 0) is 25.5 Å². The van der Waals surface area contributed by atoms with Crippen LogP contribution in [0.4, 0.5) is 13.2 Å². The molecular formula is C13H10ClF3N2. The summed E-state index contributed by atoms with van der Waals surface area (Å²) in [6.45, 7) is 3.66. The summed E-state index contributed by atoms with van der Waals surface area (Å²) in [6.07, 6.45) is -4.61. The van der Waals surface area contributed by atoms with Gasteiger partial charge >= 0.3 is 6.18 Å². The van der Waals surface area contributed by atoms with Crippen molar-refractivity contribution in [2.45, 2.75) is 20.0 Å². The normalized spacial score (nSPS) is 11.7. The fourth-order valence-electron chi connectivity index (χ4n) is 1.69. The van der Waals surface area contributed by atoms with Crippen LogP contribution in [0.1, 0.15) is 17.0 Å². The molecule has 2 rings (SSSR count). The smallest absolute Gasteiger partial charge is 0.224 e. The maximum Gasteiger partial charge on any atom is 0.451 e. The van der Waals surface area contributed by atoms with Crippen LogP contribution in [0.2, 0.25) is 5.15 Å². The molecule has 6 heteroatoms. The Hall–Kier alpha value is -1.62. The molecule has 0 unspecified atom stereocenters. The molecule has 2 nitrogen and oxygen atoms in total. The van der Waals surface area contributed by atoms with E-state index in [0.717, 1.165) is 11.1 Å². The van der Waals surface area contributed by atoms with E-state index in [1.165, 1.54) is 6.07 Å². The van der Waals surface area contributed by atoms with Crippen molar-refractivity contribution in [1.82, 2.24) is 9.97 Å². The van der Waals surface area contributed by atoms with E-state index in [-0.39, 0.29) is 10.8 Å². The summed E-state index contributed by atoms with van der Waals surface area (Å²) >= 11 is 5.65. The van der Waals surface area contributed by atoms with Crippen LogP contribution in [0.25, 0.3) is 11.3 Å². The highest BCUT2D eigenvalue weighted by atomic mass is 35.5. The van der Waals surface area contributed by atoms with Gasteiger partial charge in [0.15, 0.2) is 0 Å². The van der Waals surface area contributed by atoms with Crippen molar-refractivity contribution in [1.29, 1.82) is 0 Å². The highest BCUT2D eigenvalue weighted by molar-refractivity contribution is 6.29. The molecule has 0 fully saturated rings. The van der Waals surface area contributed by atoms with Crippen LogP contribution in [0.5, 0.6) is 0 Å². The van der Waals surface area contributed by atoms with Gasteiger partial charge in [0.25, 0.3) is 0 Å². The average Bonchev–Trinajstić information content (AvgIpc) is 2.30. The van der Waals surface area contributed by atoms with Crippen molar-refractivity contribution in [3.8, 4) is 11.3 Å². The molecule has 0 radical (unpaired) electrons. The Balaban J connectivity index is 2.63. The third kappa shape index (κ3) is 3.04. The minimum atomic E-state index is -4.61. The Kier molecular flexibility index (Phi) is 3.49. The first kappa shape index (κ1) is 13.8. The summed E-state index contributed by atoms with van der Waals surface area (Å²) < 4.78 is 38.0. The predicted octanol–water partition coefficient (Wildman–Crippen LogP) is 4.43. The molecule has 0 atom stereocenters. The molecule has 0 aliphatic carbocycles. The standard InChI is InChI=1S/C13H10ClF3N2/c1-7-3-4-8(2)9(5-7)10-6-11(14)19-12(18-10)13(15,16)17/h3-6H,1-2H3. The van der Waals surface area contributed by atoms with E-state index in [9.17, 15) is 13.2 Å². The molecule has 0 bridgehead atoms. The molecule has 0 saturated heterocycles. The van der Waals surface area contributed by atoms with Crippen molar-refractivity contribution >= 4 is 11.6 Å². The number of halogens is 4. The third-order valence-electron chi connectivity index (χ3n) is 2.62. The number of hydrogen-bond donors (Lipinski definition) is 0. The summed E-state index contributed by atoms with van der Waals surface area (Å²) in [6, 6.07) is 6.81. The number of aryl methyl sites for hydroxylation is 2. The maximum atomic E-state index is 12.7. The largest absolute Gasteiger partial charge is 0.451 e. The van der Waals surface area contributed by atoms with Gasteiger partial charge in [-0.25, -0.2) is 9.97 Å². The van der Waals surface area contributed by atoms with E-state index < -0.39 is 12.0 Å². The van der Waals surface area contributed by atoms with Crippen LogP contribution in [0.3, 0.4) is 0 Å². The second-order valence-corrected chi connectivity index (χ2v) is 4.60. The second-order valence-electron chi connectivity index (χ2n) is 4.22. The Bertz CT molecular complexity index is 624. The molecule has 19 heavy (non-hydrogen) atoms. The molecule has 1 aromatic heterocycles. The summed E-state index contributed by atoms with van der Waals surface area (Å²) in [7, 11) is 0. The van der Waals surface area contributed by atoms with Gasteiger partial charge in [-0.2, -0.15) is 13.2 Å². The molecule has 0 amide bonds. The summed E-state index contributed by atoms with van der Waals surface area (Å²) in [5.74, 6) is -1.23. The topological polar surface area (TPSA) is 25.8 Å². The molecule has 0 N–H and O–H groups in total. The van der Waals surface area contributed by atoms with Gasteiger partial charge in [0.1, 0.15) is 5.15 Å². The van der Waals surface area contributed by atoms with Crippen molar-refractivity contribution < 1.29 is 13.2 Å². The predicted molar refractivity (Wildman–Crippen MR) is 67.0 cm³/mol. The molecular weight excluding hydrogens is 277 g/mol. The van der Waals surface area contributed by atoms with Gasteiger partial charge in [0.2, 0.25) is 5.82 Å². The Morgan fingerprint density at radius 1 is 1.05 bits per heavy atom. The maximum absolute atomic E-state index is 12.7. The number of hydrogen-bond acceptors (Lipinski definition) is 2. The highest BCUT2D eigenvalue weighted by Crippen LogP contribution is 2.31. The van der Waals surface area contributed by atoms with Gasteiger partial charge < -0.3 is 0 Å². The lowest BCUT2D eigenvalue weighted by atomic mass is 10.0. The van der Waals surface area contributed by atoms with Gasteiger partial charge in [-0.3, -0.25) is 0 Å². The second kappa shape index (κ2) is 4.81. The summed E-state index contributed by atoms with van der Waals surface area (Å²) in [5.41, 5.74) is 2.56. The van der Waals surface area contributed by atoms with Gasteiger partial charge in [0.05, 0.1) is 5.69 Å². The van der Waals surface area contributed by atoms with E-state index in [1.54, 1.807) is 13.0 Å². The first-order valence-corrected chi connectivity index (χ1v) is 5.84. The fourth-order valence-corrected chi connectivity index (χ4v) is 1.88. The minimum absolute atomic E-state index is 0.175. The lowest BCUT2D eigenvalue weighted by molar-refractivity contribution is -0.144. The van der Waals surface area contributed by atoms with Crippen LogP contribution in [0.15, 0.2) is 24.3 Å². The number of alkyl halides is 3. The van der Waals surface area contributed by atoms with Crippen molar-refractivity contribution in [3.63, 3.8) is 0 Å². The van der Waals surface area contributed by atoms with Crippen LogP contribution in [-0.4, -0.2) is 9.97 Å². The molecule has 2 aromatic rings. The summed E-state index contributed by atoms with van der Waals surface area (Å²) in [4.78, 5) is 6.77. The Labute approximate surface area is 113 Å². The highest BCUT2D eigenvalue weighted by Gasteiger charge is 2.35. The van der Waals surface area contributed by atoms with E-state index in [0.29, 0.717) is 5.56 Å². The molecule has 0 aliphatic heterocycles. The van der Waals surface area contributed by atoms with Gasteiger partial charge in [-0.15, -0.1) is 0 Å². The quantitative estimate of drug-likeness (QED) is 0.725. The van der Waals surface area contributed by atoms with Gasteiger partial charge in [-0.1, -0.05) is 29.3 Å². The minimum Gasteiger partial charge on any atom is -0.224 e. The third-order valence-corrected chi connectivity index (χ3v) is 2.81. The molecule has 1 heterocycles. The monoisotopic (exact) mass is 286 g/mol. The Morgan fingerprint density at radius 2 is 1.74 bits per heavy atom. The Morgan fingerprint density at radius 3 is 2.37 bits per heavy atom. The molecule has 0 saturated carbocycles. The van der Waals surface area contributed by atoms with Crippen molar-refractivity contribution in [3.05, 3.63) is 46.4 Å². The number of aromatic nitrogens is 2. The number of nitrogens with zero attached hydrogens (tertiary/aromatic N) is 2. The van der Waals surface area contributed by atoms with Gasteiger partial charge in [0, 0.05) is 11.6 Å². The van der Waals surface area contributed by atoms with Crippen LogP contribution >= 0.6 is 11.6 Å². The number of rotatable bonds is 1. The first-order chi connectivity index (χ1) is 8.77. The zero-order chi connectivity index (χ0) is 14.2. The van der Waals surface area contributed by atoms with Crippen molar-refractivity contribution in [2.75, 3.05) is 0 Å². The van der Waals surface area contributed by atoms with Crippen LogP contribution in [-0.2, 0) is 6.18 Å².